The van der Waals surface area contributed by atoms with E-state index < -0.39 is 12.1 Å². The number of hydrogen-bond acceptors (Lipinski definition) is 6. The van der Waals surface area contributed by atoms with Crippen molar-refractivity contribution in [1.29, 1.82) is 0 Å². The van der Waals surface area contributed by atoms with Crippen molar-refractivity contribution in [1.82, 2.24) is 9.78 Å². The molecule has 0 fully saturated rings. The molecule has 1 aromatic carbocycles. The topological polar surface area (TPSA) is 106 Å². The number of carboxylic acids is 1. The van der Waals surface area contributed by atoms with Crippen LogP contribution in [-0.4, -0.2) is 38.4 Å². The van der Waals surface area contributed by atoms with Gasteiger partial charge in [0.2, 0.25) is 5.88 Å². The van der Waals surface area contributed by atoms with Crippen molar-refractivity contribution in [2.24, 2.45) is 12.2 Å². The Hall–Kier alpha value is -2.45. The van der Waals surface area contributed by atoms with Crippen LogP contribution in [0.1, 0.15) is 31.5 Å². The normalized spacial score (nSPS) is 12.3. The molecule has 1 atom stereocenters. The summed E-state index contributed by atoms with van der Waals surface area (Å²) in [6, 6.07) is 2.79. The first-order valence-electron chi connectivity index (χ1n) is 8.08. The number of rotatable bonds is 8. The maximum Gasteiger partial charge on any atom is 0.344 e. The van der Waals surface area contributed by atoms with E-state index in [0.29, 0.717) is 23.6 Å². The fraction of sp³-hybridized carbons (Fsp3) is 0.353. The Bertz CT molecular complexity index is 867. The average Bonchev–Trinajstić information content (AvgIpc) is 2.88. The lowest BCUT2D eigenvalue weighted by Gasteiger charge is -2.15. The number of benzene rings is 1. The van der Waals surface area contributed by atoms with Crippen LogP contribution in [0.15, 0.2) is 17.3 Å². The standard InChI is InChI=1S/C17H19Cl2N3O5/c1-4-5-13-10(8-20-25)16(22(3)21-13)27-15-7-14(11(18)6-12(15)19)26-9(2)17(23)24/h6-9,25H,4-5H2,1-3H3,(H,23,24)/t9-/m0/s1. The van der Waals surface area contributed by atoms with Crippen molar-refractivity contribution in [3.63, 3.8) is 0 Å². The van der Waals surface area contributed by atoms with Crippen LogP contribution < -0.4 is 9.47 Å². The van der Waals surface area contributed by atoms with Gasteiger partial charge in [0.15, 0.2) is 11.9 Å². The first kappa shape index (κ1) is 20.9. The van der Waals surface area contributed by atoms with Crippen LogP contribution in [0, 0.1) is 0 Å². The Balaban J connectivity index is 2.44. The van der Waals surface area contributed by atoms with Crippen molar-refractivity contribution < 1.29 is 24.6 Å². The van der Waals surface area contributed by atoms with Gasteiger partial charge in [-0.05, 0) is 19.4 Å². The molecular formula is C17H19Cl2N3O5. The van der Waals surface area contributed by atoms with Gasteiger partial charge in [-0.25, -0.2) is 9.48 Å². The summed E-state index contributed by atoms with van der Waals surface area (Å²) >= 11 is 12.3. The number of nitrogens with zero attached hydrogens (tertiary/aromatic N) is 3. The molecule has 0 amide bonds. The second-order valence-electron chi connectivity index (χ2n) is 5.70. The van der Waals surface area contributed by atoms with Gasteiger partial charge >= 0.3 is 5.97 Å². The van der Waals surface area contributed by atoms with E-state index in [4.69, 9.17) is 43.0 Å². The molecule has 1 heterocycles. The molecular weight excluding hydrogens is 397 g/mol. The van der Waals surface area contributed by atoms with E-state index in [-0.39, 0.29) is 21.5 Å². The summed E-state index contributed by atoms with van der Waals surface area (Å²) in [5.74, 6) is -0.537. The van der Waals surface area contributed by atoms with Gasteiger partial charge in [0.25, 0.3) is 0 Å². The quantitative estimate of drug-likeness (QED) is 0.381. The Labute approximate surface area is 165 Å². The van der Waals surface area contributed by atoms with Crippen LogP contribution in [0.25, 0.3) is 0 Å². The first-order valence-corrected chi connectivity index (χ1v) is 8.83. The molecule has 8 nitrogen and oxygen atoms in total. The summed E-state index contributed by atoms with van der Waals surface area (Å²) < 4.78 is 12.7. The van der Waals surface area contributed by atoms with E-state index in [1.807, 2.05) is 6.92 Å². The lowest BCUT2D eigenvalue weighted by atomic mass is 10.2. The zero-order valence-corrected chi connectivity index (χ0v) is 16.5. The van der Waals surface area contributed by atoms with Gasteiger partial charge in [0, 0.05) is 13.1 Å². The van der Waals surface area contributed by atoms with Crippen molar-refractivity contribution in [2.75, 3.05) is 0 Å². The van der Waals surface area contributed by atoms with Crippen LogP contribution in [0.2, 0.25) is 10.0 Å². The van der Waals surface area contributed by atoms with E-state index in [1.54, 1.807) is 7.05 Å². The second-order valence-corrected chi connectivity index (χ2v) is 6.51. The van der Waals surface area contributed by atoms with Crippen LogP contribution >= 0.6 is 23.2 Å². The van der Waals surface area contributed by atoms with E-state index in [0.717, 1.165) is 6.42 Å². The molecule has 2 rings (SSSR count). The van der Waals surface area contributed by atoms with E-state index >= 15 is 0 Å². The highest BCUT2D eigenvalue weighted by Gasteiger charge is 2.21. The third-order valence-electron chi connectivity index (χ3n) is 3.62. The minimum Gasteiger partial charge on any atom is -0.479 e. The highest BCUT2D eigenvalue weighted by Crippen LogP contribution is 2.39. The minimum atomic E-state index is -1.14. The summed E-state index contributed by atoms with van der Waals surface area (Å²) in [7, 11) is 1.68. The number of carboxylic acid groups (broad SMARTS) is 1. The summed E-state index contributed by atoms with van der Waals surface area (Å²) in [6.45, 7) is 3.38. The molecule has 0 saturated carbocycles. The SMILES string of the molecule is CCCc1nn(C)c(Oc2cc(O[C@@H](C)C(=O)O)c(Cl)cc2Cl)c1C=NO. The van der Waals surface area contributed by atoms with E-state index in [9.17, 15) is 4.79 Å². The van der Waals surface area contributed by atoms with E-state index in [1.165, 1.54) is 30.0 Å². The van der Waals surface area contributed by atoms with Crippen molar-refractivity contribution in [3.05, 3.63) is 33.4 Å². The maximum absolute atomic E-state index is 11.0. The Morgan fingerprint density at radius 3 is 2.63 bits per heavy atom. The van der Waals surface area contributed by atoms with Crippen LogP contribution in [0.5, 0.6) is 17.4 Å². The van der Waals surface area contributed by atoms with Gasteiger partial charge in [-0.2, -0.15) is 5.10 Å². The Kier molecular flexibility index (Phi) is 6.92. The summed E-state index contributed by atoms with van der Waals surface area (Å²) in [4.78, 5) is 11.0. The zero-order valence-electron chi connectivity index (χ0n) is 14.9. The fourth-order valence-electron chi connectivity index (χ4n) is 2.33. The van der Waals surface area contributed by atoms with Crippen LogP contribution in [0.3, 0.4) is 0 Å². The number of halogens is 2. The van der Waals surface area contributed by atoms with Gasteiger partial charge in [-0.1, -0.05) is 41.7 Å². The number of aromatic nitrogens is 2. The number of oxime groups is 1. The molecule has 2 N–H and O–H groups in total. The van der Waals surface area contributed by atoms with Gasteiger partial charge in [-0.15, -0.1) is 0 Å². The molecule has 0 radical (unpaired) electrons. The van der Waals surface area contributed by atoms with Gasteiger partial charge < -0.3 is 19.8 Å². The Morgan fingerprint density at radius 2 is 2.04 bits per heavy atom. The third kappa shape index (κ3) is 4.84. The summed E-state index contributed by atoms with van der Waals surface area (Å²) in [5, 5.41) is 25.7. The second kappa shape index (κ2) is 8.96. The monoisotopic (exact) mass is 415 g/mol. The molecule has 0 spiro atoms. The number of aryl methyl sites for hydroxylation is 2. The summed E-state index contributed by atoms with van der Waals surface area (Å²) in [6.07, 6.45) is 1.63. The lowest BCUT2D eigenvalue weighted by Crippen LogP contribution is -2.23. The first-order chi connectivity index (χ1) is 12.8. The largest absolute Gasteiger partial charge is 0.479 e. The van der Waals surface area contributed by atoms with Crippen molar-refractivity contribution in [2.45, 2.75) is 32.8 Å². The maximum atomic E-state index is 11.0. The molecule has 1 aromatic heterocycles. The van der Waals surface area contributed by atoms with Crippen molar-refractivity contribution in [3.8, 4) is 17.4 Å². The molecule has 0 aliphatic rings. The molecule has 10 heteroatoms. The predicted octanol–water partition coefficient (Wildman–Crippen LogP) is 4.13. The molecule has 0 aliphatic carbocycles. The van der Waals surface area contributed by atoms with Crippen LogP contribution in [-0.2, 0) is 18.3 Å². The lowest BCUT2D eigenvalue weighted by molar-refractivity contribution is -0.144. The molecule has 0 aliphatic heterocycles. The van der Waals surface area contributed by atoms with Crippen molar-refractivity contribution >= 4 is 35.4 Å². The van der Waals surface area contributed by atoms with Gasteiger partial charge in [0.05, 0.1) is 27.5 Å². The molecule has 0 bridgehead atoms. The highest BCUT2D eigenvalue weighted by atomic mass is 35.5. The molecule has 27 heavy (non-hydrogen) atoms. The third-order valence-corrected chi connectivity index (χ3v) is 4.21. The Morgan fingerprint density at radius 1 is 1.37 bits per heavy atom. The highest BCUT2D eigenvalue weighted by molar-refractivity contribution is 6.36. The average molecular weight is 416 g/mol. The van der Waals surface area contributed by atoms with Gasteiger partial charge in [0.1, 0.15) is 5.75 Å². The predicted molar refractivity (Wildman–Crippen MR) is 101 cm³/mol. The summed E-state index contributed by atoms with van der Waals surface area (Å²) in [5.41, 5.74) is 1.21. The molecule has 0 saturated heterocycles. The van der Waals surface area contributed by atoms with Gasteiger partial charge in [-0.3, -0.25) is 0 Å². The number of aliphatic carboxylic acids is 1. The zero-order chi connectivity index (χ0) is 20.1. The smallest absolute Gasteiger partial charge is 0.344 e. The molecule has 2 aromatic rings. The minimum absolute atomic E-state index is 0.110. The van der Waals surface area contributed by atoms with E-state index in [2.05, 4.69) is 10.3 Å². The number of carbonyl (C=O) groups is 1. The number of ether oxygens (including phenoxy) is 2. The fourth-order valence-corrected chi connectivity index (χ4v) is 2.80. The number of hydrogen-bond donors (Lipinski definition) is 2. The molecule has 0 unspecified atom stereocenters. The molecule has 146 valence electrons. The van der Waals surface area contributed by atoms with Crippen LogP contribution in [0.4, 0.5) is 0 Å².